The van der Waals surface area contributed by atoms with E-state index >= 15 is 0 Å². The number of para-hydroxylation sites is 1. The van der Waals surface area contributed by atoms with Gasteiger partial charge in [-0.1, -0.05) is 49.1 Å². The van der Waals surface area contributed by atoms with Crippen LogP contribution < -0.4 is 5.32 Å². The summed E-state index contributed by atoms with van der Waals surface area (Å²) < 4.78 is 3.05. The normalized spacial score (nSPS) is 11.9. The number of nitrogens with zero attached hydrogens (tertiary/aromatic N) is 5. The fraction of sp³-hybridized carbons (Fsp3) is 0.286. The van der Waals surface area contributed by atoms with Crippen molar-refractivity contribution in [3.05, 3.63) is 40.5 Å². The molecule has 0 saturated carbocycles. The first-order valence-corrected chi connectivity index (χ1v) is 12.5. The fourth-order valence-corrected chi connectivity index (χ4v) is 6.09. The van der Waals surface area contributed by atoms with Gasteiger partial charge in [0.05, 0.1) is 21.4 Å². The first-order valence-electron chi connectivity index (χ1n) is 9.85. The van der Waals surface area contributed by atoms with E-state index in [4.69, 9.17) is 4.98 Å². The van der Waals surface area contributed by atoms with Gasteiger partial charge in [-0.15, -0.1) is 21.5 Å². The number of thiazole rings is 1. The Hall–Kier alpha value is -2.56. The minimum atomic E-state index is -0.122. The summed E-state index contributed by atoms with van der Waals surface area (Å²) in [7, 11) is 0. The molecule has 0 aliphatic carbocycles. The number of aromatic nitrogens is 5. The van der Waals surface area contributed by atoms with Gasteiger partial charge in [0, 0.05) is 10.8 Å². The third kappa shape index (κ3) is 3.58. The molecular formula is C21H20N6OS3. The highest BCUT2D eigenvalue weighted by Gasteiger charge is 2.21. The Labute approximate surface area is 190 Å². The second kappa shape index (κ2) is 7.85. The molecule has 158 valence electrons. The van der Waals surface area contributed by atoms with Crippen molar-refractivity contribution < 1.29 is 4.79 Å². The Morgan fingerprint density at radius 1 is 1.16 bits per heavy atom. The third-order valence-electron chi connectivity index (χ3n) is 5.06. The van der Waals surface area contributed by atoms with Crippen LogP contribution in [0.3, 0.4) is 0 Å². The Morgan fingerprint density at radius 3 is 2.74 bits per heavy atom. The van der Waals surface area contributed by atoms with E-state index in [0.717, 1.165) is 31.9 Å². The number of rotatable bonds is 5. The van der Waals surface area contributed by atoms with Gasteiger partial charge < -0.3 is 5.32 Å². The zero-order chi connectivity index (χ0) is 21.7. The van der Waals surface area contributed by atoms with Gasteiger partial charge in [-0.05, 0) is 31.5 Å². The summed E-state index contributed by atoms with van der Waals surface area (Å²) in [6, 6.07) is 7.84. The standard InChI is InChI=1S/C21H20N6OS3/c1-10(2)17-24-19-16(11(3)12(4)30-19)18-25-26-21(27(17)18)29-9-15(28)23-20-22-13-7-5-6-8-14(13)31-20/h5-8,10H,9H2,1-4H3,(H,22,23,28). The molecule has 4 heterocycles. The van der Waals surface area contributed by atoms with Gasteiger partial charge in [-0.2, -0.15) is 0 Å². The van der Waals surface area contributed by atoms with E-state index in [-0.39, 0.29) is 17.6 Å². The first-order chi connectivity index (χ1) is 14.9. The van der Waals surface area contributed by atoms with Crippen LogP contribution in [0.4, 0.5) is 5.13 Å². The Bertz CT molecular complexity index is 1420. The molecule has 7 nitrogen and oxygen atoms in total. The predicted molar refractivity (Wildman–Crippen MR) is 129 cm³/mol. The summed E-state index contributed by atoms with van der Waals surface area (Å²) in [5, 5.41) is 14.1. The van der Waals surface area contributed by atoms with E-state index in [1.165, 1.54) is 33.5 Å². The number of thiophene rings is 1. The van der Waals surface area contributed by atoms with Crippen LogP contribution in [-0.2, 0) is 4.79 Å². The molecule has 1 N–H and O–H groups in total. The molecule has 0 aliphatic rings. The van der Waals surface area contributed by atoms with Crippen molar-refractivity contribution in [1.29, 1.82) is 0 Å². The molecule has 0 spiro atoms. The van der Waals surface area contributed by atoms with Gasteiger partial charge in [0.25, 0.3) is 0 Å². The molecule has 10 heteroatoms. The highest BCUT2D eigenvalue weighted by atomic mass is 32.2. The minimum Gasteiger partial charge on any atom is -0.301 e. The maximum atomic E-state index is 12.6. The maximum absolute atomic E-state index is 12.6. The molecule has 0 radical (unpaired) electrons. The lowest BCUT2D eigenvalue weighted by molar-refractivity contribution is -0.113. The summed E-state index contributed by atoms with van der Waals surface area (Å²) in [5.41, 5.74) is 2.88. The van der Waals surface area contributed by atoms with Crippen molar-refractivity contribution in [3.8, 4) is 0 Å². The monoisotopic (exact) mass is 468 g/mol. The number of carbonyl (C=O) groups excluding carboxylic acids is 1. The van der Waals surface area contributed by atoms with Crippen LogP contribution in [0.15, 0.2) is 29.4 Å². The lowest BCUT2D eigenvalue weighted by Gasteiger charge is -2.10. The molecule has 0 bridgehead atoms. The van der Waals surface area contributed by atoms with Crippen LogP contribution in [0, 0.1) is 13.8 Å². The second-order valence-corrected chi connectivity index (χ2v) is 10.7. The van der Waals surface area contributed by atoms with Gasteiger partial charge in [0.1, 0.15) is 10.7 Å². The highest BCUT2D eigenvalue weighted by Crippen LogP contribution is 2.35. The Kier molecular flexibility index (Phi) is 5.15. The number of aryl methyl sites for hydroxylation is 2. The smallest absolute Gasteiger partial charge is 0.236 e. The largest absolute Gasteiger partial charge is 0.301 e. The Balaban J connectivity index is 1.43. The number of fused-ring (bicyclic) bond motifs is 4. The van der Waals surface area contributed by atoms with Crippen molar-refractivity contribution in [1.82, 2.24) is 24.6 Å². The molecule has 5 rings (SSSR count). The van der Waals surface area contributed by atoms with Gasteiger partial charge in [0.2, 0.25) is 5.91 Å². The topological polar surface area (TPSA) is 85.1 Å². The number of hydrogen-bond donors (Lipinski definition) is 1. The number of amides is 1. The molecule has 1 aromatic carbocycles. The maximum Gasteiger partial charge on any atom is 0.236 e. The van der Waals surface area contributed by atoms with E-state index in [1.807, 2.05) is 28.7 Å². The van der Waals surface area contributed by atoms with Crippen LogP contribution in [0.25, 0.3) is 26.1 Å². The number of benzene rings is 1. The molecule has 0 saturated heterocycles. The zero-order valence-corrected chi connectivity index (χ0v) is 19.9. The number of thioether (sulfide) groups is 1. The number of anilines is 1. The van der Waals surface area contributed by atoms with Crippen molar-refractivity contribution >= 4 is 71.6 Å². The highest BCUT2D eigenvalue weighted by molar-refractivity contribution is 7.99. The average molecular weight is 469 g/mol. The molecule has 31 heavy (non-hydrogen) atoms. The summed E-state index contributed by atoms with van der Waals surface area (Å²) in [5.74, 6) is 1.20. The molecular weight excluding hydrogens is 448 g/mol. The lowest BCUT2D eigenvalue weighted by Crippen LogP contribution is -2.14. The molecule has 0 unspecified atom stereocenters. The number of hydrogen-bond acceptors (Lipinski definition) is 8. The van der Waals surface area contributed by atoms with Crippen LogP contribution in [-0.4, -0.2) is 36.2 Å². The summed E-state index contributed by atoms with van der Waals surface area (Å²) in [6.07, 6.45) is 0. The Morgan fingerprint density at radius 2 is 1.97 bits per heavy atom. The van der Waals surface area contributed by atoms with Crippen molar-refractivity contribution in [2.75, 3.05) is 11.1 Å². The summed E-state index contributed by atoms with van der Waals surface area (Å²) in [6.45, 7) is 8.41. The van der Waals surface area contributed by atoms with Crippen LogP contribution >= 0.6 is 34.4 Å². The lowest BCUT2D eigenvalue weighted by atomic mass is 10.2. The van der Waals surface area contributed by atoms with Crippen molar-refractivity contribution in [2.45, 2.75) is 38.8 Å². The zero-order valence-electron chi connectivity index (χ0n) is 17.5. The second-order valence-electron chi connectivity index (χ2n) is 7.55. The summed E-state index contributed by atoms with van der Waals surface area (Å²) >= 11 is 4.52. The predicted octanol–water partition coefficient (Wildman–Crippen LogP) is 5.42. The van der Waals surface area contributed by atoms with Gasteiger partial charge in [0.15, 0.2) is 15.9 Å². The van der Waals surface area contributed by atoms with Crippen LogP contribution in [0.1, 0.15) is 36.0 Å². The van der Waals surface area contributed by atoms with E-state index in [9.17, 15) is 4.79 Å². The van der Waals surface area contributed by atoms with E-state index in [2.05, 4.69) is 48.2 Å². The summed E-state index contributed by atoms with van der Waals surface area (Å²) in [4.78, 5) is 24.2. The number of nitrogens with one attached hydrogen (secondary N) is 1. The molecule has 0 aliphatic heterocycles. The molecule has 0 fully saturated rings. The average Bonchev–Trinajstić information content (AvgIpc) is 3.41. The number of carbonyl (C=O) groups is 1. The molecule has 1 amide bonds. The van der Waals surface area contributed by atoms with Gasteiger partial charge in [-0.3, -0.25) is 9.20 Å². The molecule has 5 aromatic rings. The van der Waals surface area contributed by atoms with Gasteiger partial charge in [-0.25, -0.2) is 9.97 Å². The van der Waals surface area contributed by atoms with E-state index < -0.39 is 0 Å². The minimum absolute atomic E-state index is 0.122. The molecule has 0 atom stereocenters. The molecule has 4 aromatic heterocycles. The quantitative estimate of drug-likeness (QED) is 0.347. The first kappa shape index (κ1) is 20.3. The van der Waals surface area contributed by atoms with Crippen molar-refractivity contribution in [2.24, 2.45) is 0 Å². The van der Waals surface area contributed by atoms with E-state index in [1.54, 1.807) is 11.3 Å². The van der Waals surface area contributed by atoms with E-state index in [0.29, 0.717) is 10.3 Å². The van der Waals surface area contributed by atoms with Crippen LogP contribution in [0.2, 0.25) is 0 Å². The third-order valence-corrected chi connectivity index (χ3v) is 8.04. The fourth-order valence-electron chi connectivity index (χ4n) is 3.44. The van der Waals surface area contributed by atoms with Crippen molar-refractivity contribution in [3.63, 3.8) is 0 Å². The van der Waals surface area contributed by atoms with Gasteiger partial charge >= 0.3 is 0 Å². The van der Waals surface area contributed by atoms with Crippen LogP contribution in [0.5, 0.6) is 0 Å². The SMILES string of the molecule is Cc1sc2nc(C(C)C)n3c(SCC(=O)Nc4nc5ccccc5s4)nnc3c2c1C.